The first kappa shape index (κ1) is 14.8. The van der Waals surface area contributed by atoms with E-state index in [2.05, 4.69) is 36.0 Å². The van der Waals surface area contributed by atoms with E-state index in [-0.39, 0.29) is 11.9 Å². The lowest BCUT2D eigenvalue weighted by Gasteiger charge is -2.16. The van der Waals surface area contributed by atoms with Crippen LogP contribution in [-0.2, 0) is 0 Å². The van der Waals surface area contributed by atoms with Gasteiger partial charge in [0.1, 0.15) is 11.9 Å². The summed E-state index contributed by atoms with van der Waals surface area (Å²) >= 11 is 0. The number of pyridine rings is 1. The molecule has 118 valence electrons. The molecule has 0 aliphatic heterocycles. The highest BCUT2D eigenvalue weighted by Gasteiger charge is 2.20. The fourth-order valence-corrected chi connectivity index (χ4v) is 2.26. The molecule has 23 heavy (non-hydrogen) atoms. The van der Waals surface area contributed by atoms with Crippen LogP contribution in [-0.4, -0.2) is 41.3 Å². The summed E-state index contributed by atoms with van der Waals surface area (Å²) in [6.07, 6.45) is 5.30. The topological polar surface area (TPSA) is 114 Å². The van der Waals surface area contributed by atoms with E-state index in [0.717, 1.165) is 17.7 Å². The fraction of sp³-hybridized carbons (Fsp3) is 0.286. The van der Waals surface area contributed by atoms with Gasteiger partial charge in [0, 0.05) is 6.20 Å². The Morgan fingerprint density at radius 2 is 2.35 bits per heavy atom. The van der Waals surface area contributed by atoms with Crippen molar-refractivity contribution in [2.24, 2.45) is 0 Å². The molecule has 0 aliphatic rings. The maximum absolute atomic E-state index is 12.6. The lowest BCUT2D eigenvalue weighted by molar-refractivity contribution is 0.0934. The molecule has 1 amide bonds. The zero-order valence-corrected chi connectivity index (χ0v) is 12.8. The maximum atomic E-state index is 12.6. The molecule has 9 nitrogen and oxygen atoms in total. The van der Waals surface area contributed by atoms with E-state index in [1.165, 1.54) is 17.2 Å². The van der Waals surface area contributed by atoms with Crippen molar-refractivity contribution in [1.82, 2.24) is 40.7 Å². The van der Waals surface area contributed by atoms with Crippen molar-refractivity contribution in [3.05, 3.63) is 47.7 Å². The van der Waals surface area contributed by atoms with E-state index >= 15 is 0 Å². The maximum Gasteiger partial charge on any atom is 0.257 e. The second-order valence-electron chi connectivity index (χ2n) is 5.08. The Kier molecular flexibility index (Phi) is 4.09. The first-order valence-corrected chi connectivity index (χ1v) is 7.19. The number of carbonyl (C=O) groups excluding carboxylic acids is 1. The van der Waals surface area contributed by atoms with Gasteiger partial charge in [-0.05, 0) is 41.5 Å². The minimum Gasteiger partial charge on any atom is -0.344 e. The number of tetrazole rings is 1. The molecule has 2 N–H and O–H groups in total. The van der Waals surface area contributed by atoms with Crippen LogP contribution < -0.4 is 5.32 Å². The molecule has 1 atom stereocenters. The summed E-state index contributed by atoms with van der Waals surface area (Å²) in [6.45, 7) is 3.98. The Hall–Kier alpha value is -3.10. The number of nitrogens with one attached hydrogen (secondary N) is 2. The fourth-order valence-electron chi connectivity index (χ4n) is 2.26. The van der Waals surface area contributed by atoms with Crippen LogP contribution in [0.5, 0.6) is 0 Å². The number of H-pyrrole nitrogens is 1. The monoisotopic (exact) mass is 312 g/mol. The number of aromatic nitrogens is 7. The molecule has 0 saturated carbocycles. The number of nitrogens with zero attached hydrogens (tertiary/aromatic N) is 6. The van der Waals surface area contributed by atoms with Crippen LogP contribution in [0, 0.1) is 6.92 Å². The molecule has 3 rings (SSSR count). The molecule has 0 aromatic carbocycles. The van der Waals surface area contributed by atoms with Gasteiger partial charge in [-0.25, -0.2) is 0 Å². The van der Waals surface area contributed by atoms with Gasteiger partial charge in [0.15, 0.2) is 5.82 Å². The summed E-state index contributed by atoms with van der Waals surface area (Å²) in [5, 5.41) is 20.5. The summed E-state index contributed by atoms with van der Waals surface area (Å²) in [4.78, 5) is 16.9. The molecule has 0 bridgehead atoms. The van der Waals surface area contributed by atoms with Crippen molar-refractivity contribution in [3.63, 3.8) is 0 Å². The Balaban J connectivity index is 1.83. The molecule has 3 aromatic heterocycles. The molecular formula is C14H16N8O. The molecule has 0 radical (unpaired) electrons. The molecule has 9 heteroatoms. The molecule has 0 fully saturated rings. The summed E-state index contributed by atoms with van der Waals surface area (Å²) in [6, 6.07) is 3.70. The predicted molar refractivity (Wildman–Crippen MR) is 80.8 cm³/mol. The number of amides is 1. The van der Waals surface area contributed by atoms with E-state index < -0.39 is 0 Å². The van der Waals surface area contributed by atoms with Gasteiger partial charge in [0.05, 0.1) is 17.9 Å². The van der Waals surface area contributed by atoms with Gasteiger partial charge in [0.2, 0.25) is 0 Å². The van der Waals surface area contributed by atoms with Gasteiger partial charge < -0.3 is 5.32 Å². The van der Waals surface area contributed by atoms with E-state index in [1.807, 2.05) is 26.0 Å². The highest BCUT2D eigenvalue weighted by Crippen LogP contribution is 2.17. The highest BCUT2D eigenvalue weighted by atomic mass is 16.1. The van der Waals surface area contributed by atoms with E-state index in [4.69, 9.17) is 0 Å². The first-order valence-electron chi connectivity index (χ1n) is 7.19. The van der Waals surface area contributed by atoms with Crippen molar-refractivity contribution in [1.29, 1.82) is 0 Å². The Bertz CT molecular complexity index is 795. The van der Waals surface area contributed by atoms with Crippen LogP contribution in [0.3, 0.4) is 0 Å². The third-order valence-corrected chi connectivity index (χ3v) is 3.45. The standard InChI is InChI=1S/C14H16N8O/c1-3-11(12-6-9(2)4-5-15-12)18-14(23)10-7-16-19-13(10)22-8-17-20-21-22/h4-8,11H,3H2,1-2H3,(H,16,19)(H,18,23)/t11-/m0/s1. The van der Waals surface area contributed by atoms with E-state index in [0.29, 0.717) is 11.4 Å². The predicted octanol–water partition coefficient (Wildman–Crippen LogP) is 0.970. The van der Waals surface area contributed by atoms with Crippen molar-refractivity contribution >= 4 is 5.91 Å². The van der Waals surface area contributed by atoms with Crippen molar-refractivity contribution in [2.45, 2.75) is 26.3 Å². The zero-order chi connectivity index (χ0) is 16.2. The van der Waals surface area contributed by atoms with Crippen LogP contribution in [0.1, 0.15) is 41.0 Å². The van der Waals surface area contributed by atoms with Crippen LogP contribution >= 0.6 is 0 Å². The lowest BCUT2D eigenvalue weighted by atomic mass is 10.1. The summed E-state index contributed by atoms with van der Waals surface area (Å²) < 4.78 is 1.35. The second-order valence-corrected chi connectivity index (χ2v) is 5.08. The molecule has 0 saturated heterocycles. The number of rotatable bonds is 5. The molecule has 0 unspecified atom stereocenters. The molecule has 3 heterocycles. The minimum absolute atomic E-state index is 0.181. The Morgan fingerprint density at radius 1 is 1.48 bits per heavy atom. The third kappa shape index (κ3) is 3.07. The van der Waals surface area contributed by atoms with Gasteiger partial charge in [-0.1, -0.05) is 6.92 Å². The molecular weight excluding hydrogens is 296 g/mol. The number of hydrogen-bond donors (Lipinski definition) is 2. The van der Waals surface area contributed by atoms with Gasteiger partial charge in [0.25, 0.3) is 5.91 Å². The summed E-state index contributed by atoms with van der Waals surface area (Å²) in [5.41, 5.74) is 2.29. The average molecular weight is 312 g/mol. The zero-order valence-electron chi connectivity index (χ0n) is 12.8. The van der Waals surface area contributed by atoms with Crippen molar-refractivity contribution in [2.75, 3.05) is 0 Å². The second kappa shape index (κ2) is 6.34. The van der Waals surface area contributed by atoms with Crippen LogP contribution in [0.2, 0.25) is 0 Å². The summed E-state index contributed by atoms with van der Waals surface area (Å²) in [7, 11) is 0. The van der Waals surface area contributed by atoms with E-state index in [9.17, 15) is 4.79 Å². The Labute approximate surface area is 132 Å². The molecule has 0 aliphatic carbocycles. The van der Waals surface area contributed by atoms with Gasteiger partial charge in [-0.15, -0.1) is 5.10 Å². The number of aryl methyl sites for hydroxylation is 1. The van der Waals surface area contributed by atoms with Gasteiger partial charge in [-0.2, -0.15) is 9.78 Å². The van der Waals surface area contributed by atoms with Crippen molar-refractivity contribution in [3.8, 4) is 5.82 Å². The summed E-state index contributed by atoms with van der Waals surface area (Å²) in [5.74, 6) is 0.152. The SMILES string of the molecule is CC[C@H](NC(=O)c1cn[nH]c1-n1cnnn1)c1cc(C)ccn1. The molecule has 0 spiro atoms. The minimum atomic E-state index is -0.264. The van der Waals surface area contributed by atoms with Gasteiger partial charge in [-0.3, -0.25) is 14.9 Å². The highest BCUT2D eigenvalue weighted by molar-refractivity contribution is 5.97. The average Bonchev–Trinajstić information content (AvgIpc) is 3.22. The normalized spacial score (nSPS) is 12.1. The Morgan fingerprint density at radius 3 is 3.04 bits per heavy atom. The van der Waals surface area contributed by atoms with Crippen LogP contribution in [0.25, 0.3) is 5.82 Å². The number of carbonyl (C=O) groups is 1. The van der Waals surface area contributed by atoms with Crippen LogP contribution in [0.4, 0.5) is 0 Å². The van der Waals surface area contributed by atoms with Gasteiger partial charge >= 0.3 is 0 Å². The molecule has 3 aromatic rings. The number of aromatic amines is 1. The third-order valence-electron chi connectivity index (χ3n) is 3.45. The van der Waals surface area contributed by atoms with E-state index in [1.54, 1.807) is 6.20 Å². The van der Waals surface area contributed by atoms with Crippen molar-refractivity contribution < 1.29 is 4.79 Å². The lowest BCUT2D eigenvalue weighted by Crippen LogP contribution is -2.29. The van der Waals surface area contributed by atoms with Crippen LogP contribution in [0.15, 0.2) is 30.9 Å². The smallest absolute Gasteiger partial charge is 0.257 e. The number of hydrogen-bond acceptors (Lipinski definition) is 6. The first-order chi connectivity index (χ1) is 11.2. The largest absolute Gasteiger partial charge is 0.344 e. The quantitative estimate of drug-likeness (QED) is 0.725.